The summed E-state index contributed by atoms with van der Waals surface area (Å²) >= 11 is 0. The van der Waals surface area contributed by atoms with Crippen LogP contribution in [0.15, 0.2) is 370 Å². The first-order chi connectivity index (χ1) is 47.2. The molecule has 0 saturated carbocycles. The molecule has 18 rings (SSSR count). The van der Waals surface area contributed by atoms with Gasteiger partial charge in [-0.25, -0.2) is 0 Å². The highest BCUT2D eigenvalue weighted by Gasteiger charge is 2.46. The Kier molecular flexibility index (Phi) is 13.6. The largest absolute Gasteiger partial charge is 0.310 e. The number of nitrogens with zero attached hydrogens (tertiary/aromatic N) is 4. The minimum Gasteiger partial charge on any atom is -0.310 e. The molecule has 2 aliphatic rings. The summed E-state index contributed by atoms with van der Waals surface area (Å²) < 4.78 is 2.58. The Morgan fingerprint density at radius 1 is 0.232 bits per heavy atom. The molecule has 4 nitrogen and oxygen atoms in total. The smallest absolute Gasteiger partial charge is 0.252 e. The number of hydrogen-bond acceptors (Lipinski definition) is 3. The quantitative estimate of drug-likeness (QED) is 0.113. The van der Waals surface area contributed by atoms with Crippen LogP contribution in [0.25, 0.3) is 94.3 Å². The first kappa shape index (κ1) is 55.4. The summed E-state index contributed by atoms with van der Waals surface area (Å²) in [5.74, 6) is 0. The van der Waals surface area contributed by atoms with Crippen molar-refractivity contribution in [1.82, 2.24) is 4.57 Å². The van der Waals surface area contributed by atoms with E-state index in [1.807, 2.05) is 0 Å². The molecule has 95 heavy (non-hydrogen) atoms. The monoisotopic (exact) mass is 1210 g/mol. The van der Waals surface area contributed by atoms with E-state index >= 15 is 0 Å². The maximum absolute atomic E-state index is 2.70. The summed E-state index contributed by atoms with van der Waals surface area (Å²) in [6.07, 6.45) is 0. The van der Waals surface area contributed by atoms with Crippen LogP contribution in [0.2, 0.25) is 0 Å². The van der Waals surface area contributed by atoms with E-state index in [9.17, 15) is 0 Å². The number of anilines is 9. The Hall–Kier alpha value is -12.4. The van der Waals surface area contributed by atoms with Crippen LogP contribution in [0.5, 0.6) is 0 Å². The number of fused-ring (bicyclic) bond motifs is 8. The third kappa shape index (κ3) is 9.23. The fourth-order valence-electron chi connectivity index (χ4n) is 15.4. The highest BCUT2D eigenvalue weighted by atomic mass is 15.2. The summed E-state index contributed by atoms with van der Waals surface area (Å²) in [4.78, 5) is 7.73. The maximum Gasteiger partial charge on any atom is 0.252 e. The molecule has 0 amide bonds. The van der Waals surface area contributed by atoms with E-state index in [0.717, 1.165) is 135 Å². The van der Waals surface area contributed by atoms with Gasteiger partial charge >= 0.3 is 0 Å². The normalized spacial score (nSPS) is 12.1. The molecule has 0 radical (unpaired) electrons. The molecule has 0 bridgehead atoms. The Morgan fingerprint density at radius 3 is 1.03 bits per heavy atom. The highest BCUT2D eigenvalue weighted by molar-refractivity contribution is 7.00. The second kappa shape index (κ2) is 23.4. The van der Waals surface area contributed by atoms with Crippen LogP contribution in [-0.4, -0.2) is 11.3 Å². The Balaban J connectivity index is 1.01. The van der Waals surface area contributed by atoms with Gasteiger partial charge in [0.05, 0.1) is 33.8 Å². The lowest BCUT2D eigenvalue weighted by atomic mass is 9.33. The lowest BCUT2D eigenvalue weighted by molar-refractivity contribution is 1.18. The van der Waals surface area contributed by atoms with E-state index < -0.39 is 0 Å². The first-order valence-electron chi connectivity index (χ1n) is 32.8. The van der Waals surface area contributed by atoms with Gasteiger partial charge in [0.2, 0.25) is 0 Å². The lowest BCUT2D eigenvalue weighted by Gasteiger charge is -2.46. The van der Waals surface area contributed by atoms with Crippen molar-refractivity contribution >= 4 is 96.1 Å². The molecular formula is C90H61BN4. The van der Waals surface area contributed by atoms with E-state index in [1.165, 1.54) is 27.2 Å². The fourth-order valence-corrected chi connectivity index (χ4v) is 15.4. The van der Waals surface area contributed by atoms with E-state index in [4.69, 9.17) is 0 Å². The van der Waals surface area contributed by atoms with Gasteiger partial charge in [-0.05, 0) is 110 Å². The van der Waals surface area contributed by atoms with E-state index in [0.29, 0.717) is 0 Å². The molecule has 0 spiro atoms. The molecule has 0 unspecified atom stereocenters. The Bertz CT molecular complexity index is 5320. The van der Waals surface area contributed by atoms with E-state index in [2.05, 4.69) is 389 Å². The van der Waals surface area contributed by atoms with Gasteiger partial charge < -0.3 is 19.3 Å². The second-order valence-electron chi connectivity index (χ2n) is 24.6. The molecular weight excluding hydrogens is 1150 g/mol. The van der Waals surface area contributed by atoms with Crippen LogP contribution in [-0.2, 0) is 0 Å². The van der Waals surface area contributed by atoms with Crippen LogP contribution >= 0.6 is 0 Å². The van der Waals surface area contributed by atoms with Crippen LogP contribution in [0.4, 0.5) is 51.2 Å². The molecule has 16 aromatic rings. The van der Waals surface area contributed by atoms with Gasteiger partial charge in [-0.2, -0.15) is 0 Å². The standard InChI is InChI=1S/C90H61BN4/c1-9-31-62(32-10-1)71-48-27-49-72(63-33-11-2-12-34-63)87(71)93-80-54-26-25-47-77(80)85-81(93)60-59-79-90(85)95(89-75(66-39-17-5-18-40-66)52-29-53-76(89)67-41-19-6-20-42-67)83-56-30-55-82-86(83)91(79)78-58-57-70(92(68-43-21-7-22-44-68)69-45-23-8-24-46-69)61-84(78)94(82)88-73(64-35-13-3-14-36-64)50-28-51-74(88)65-37-15-4-16-38-65/h1-61H. The Morgan fingerprint density at radius 2 is 0.589 bits per heavy atom. The maximum atomic E-state index is 2.70. The number of benzene rings is 15. The number of rotatable bonds is 12. The van der Waals surface area contributed by atoms with E-state index in [-0.39, 0.29) is 6.71 Å². The van der Waals surface area contributed by atoms with Crippen molar-refractivity contribution in [3.63, 3.8) is 0 Å². The van der Waals surface area contributed by atoms with Crippen LogP contribution < -0.4 is 31.1 Å². The minimum absolute atomic E-state index is 0.245. The molecule has 2 aliphatic heterocycles. The molecule has 0 fully saturated rings. The highest BCUT2D eigenvalue weighted by Crippen LogP contribution is 2.55. The van der Waals surface area contributed by atoms with Crippen molar-refractivity contribution in [3.05, 3.63) is 370 Å². The molecule has 1 aromatic heterocycles. The van der Waals surface area contributed by atoms with Gasteiger partial charge in [-0.15, -0.1) is 0 Å². The second-order valence-corrected chi connectivity index (χ2v) is 24.6. The summed E-state index contributed by atoms with van der Waals surface area (Å²) in [6.45, 7) is -0.245. The summed E-state index contributed by atoms with van der Waals surface area (Å²) in [7, 11) is 0. The van der Waals surface area contributed by atoms with Crippen molar-refractivity contribution in [2.45, 2.75) is 0 Å². The third-order valence-electron chi connectivity index (χ3n) is 19.3. The summed E-state index contributed by atoms with van der Waals surface area (Å²) in [5, 5.41) is 2.35. The topological polar surface area (TPSA) is 14.7 Å². The number of para-hydroxylation sites is 6. The molecule has 444 valence electrons. The van der Waals surface area contributed by atoms with Crippen molar-refractivity contribution in [3.8, 4) is 72.4 Å². The van der Waals surface area contributed by atoms with Crippen molar-refractivity contribution in [2.24, 2.45) is 0 Å². The first-order valence-corrected chi connectivity index (χ1v) is 32.8. The SMILES string of the molecule is c1ccc(-c2cccc(-c3ccccc3)c2N2c3cc(N(c4ccccc4)c4ccccc4)ccc3B3c4ccc5c(c4N(c4c(-c6ccccc6)cccc4-c4ccccc4)c4cccc2c43)c2ccccc2n5-c2c(-c3ccccc3)cccc2-c2ccccc2)cc1. The predicted octanol–water partition coefficient (Wildman–Crippen LogP) is 22.3. The third-order valence-corrected chi connectivity index (χ3v) is 19.3. The molecule has 0 N–H and O–H groups in total. The average molecular weight is 1210 g/mol. The zero-order valence-corrected chi connectivity index (χ0v) is 52.1. The molecule has 15 aromatic carbocycles. The average Bonchev–Trinajstić information content (AvgIpc) is 1.67. The molecule has 0 saturated heterocycles. The number of aromatic nitrogens is 1. The van der Waals surface area contributed by atoms with E-state index in [1.54, 1.807) is 0 Å². The van der Waals surface area contributed by atoms with Gasteiger partial charge in [0.1, 0.15) is 0 Å². The Labute approximate surface area is 554 Å². The fraction of sp³-hybridized carbons (Fsp3) is 0. The molecule has 3 heterocycles. The summed E-state index contributed by atoms with van der Waals surface area (Å²) in [6, 6.07) is 137. The number of hydrogen-bond donors (Lipinski definition) is 0. The van der Waals surface area contributed by atoms with Crippen LogP contribution in [0.3, 0.4) is 0 Å². The van der Waals surface area contributed by atoms with Gasteiger partial charge in [0.15, 0.2) is 0 Å². The van der Waals surface area contributed by atoms with Crippen LogP contribution in [0.1, 0.15) is 0 Å². The molecule has 0 atom stereocenters. The van der Waals surface area contributed by atoms with Crippen molar-refractivity contribution in [2.75, 3.05) is 14.7 Å². The van der Waals surface area contributed by atoms with Gasteiger partial charge in [0.25, 0.3) is 6.71 Å². The van der Waals surface area contributed by atoms with Crippen molar-refractivity contribution < 1.29 is 0 Å². The zero-order valence-electron chi connectivity index (χ0n) is 52.1. The van der Waals surface area contributed by atoms with Gasteiger partial charge in [-0.1, -0.05) is 309 Å². The molecule has 5 heteroatoms. The van der Waals surface area contributed by atoms with Gasteiger partial charge in [0, 0.05) is 78.3 Å². The molecule has 0 aliphatic carbocycles. The van der Waals surface area contributed by atoms with Crippen LogP contribution in [0, 0.1) is 0 Å². The predicted molar refractivity (Wildman–Crippen MR) is 402 cm³/mol. The summed E-state index contributed by atoms with van der Waals surface area (Å²) in [5.41, 5.74) is 30.7. The van der Waals surface area contributed by atoms with Crippen molar-refractivity contribution in [1.29, 1.82) is 0 Å². The minimum atomic E-state index is -0.245. The lowest BCUT2D eigenvalue weighted by Crippen LogP contribution is -2.61. The zero-order chi connectivity index (χ0) is 62.8. The van der Waals surface area contributed by atoms with Gasteiger partial charge in [-0.3, -0.25) is 0 Å².